The van der Waals surface area contributed by atoms with E-state index in [1.807, 2.05) is 5.38 Å². The van der Waals surface area contributed by atoms with Crippen LogP contribution in [0.4, 0.5) is 8.78 Å². The Kier molecular flexibility index (Phi) is 7.58. The van der Waals surface area contributed by atoms with E-state index in [1.54, 1.807) is 17.8 Å². The van der Waals surface area contributed by atoms with E-state index in [0.29, 0.717) is 40.5 Å². The van der Waals surface area contributed by atoms with Gasteiger partial charge in [-0.2, -0.15) is 5.10 Å². The van der Waals surface area contributed by atoms with Gasteiger partial charge < -0.3 is 10.6 Å². The molecule has 8 nitrogen and oxygen atoms in total. The van der Waals surface area contributed by atoms with Crippen molar-refractivity contribution in [2.75, 3.05) is 6.54 Å². The summed E-state index contributed by atoms with van der Waals surface area (Å²) in [6.45, 7) is 0.292. The molecule has 184 valence electrons. The Bertz CT molecular complexity index is 1240. The first kappa shape index (κ1) is 25.0. The van der Waals surface area contributed by atoms with Crippen molar-refractivity contribution in [3.8, 4) is 11.3 Å². The number of nitrogens with zero attached hydrogens (tertiary/aromatic N) is 2. The van der Waals surface area contributed by atoms with Gasteiger partial charge in [0.15, 0.2) is 11.6 Å². The van der Waals surface area contributed by atoms with E-state index in [2.05, 4.69) is 21.0 Å². The zero-order chi connectivity index (χ0) is 25.1. The molecule has 0 saturated carbocycles. The smallest absolute Gasteiger partial charge is 0.261 e. The molecule has 4 rings (SSSR count). The minimum atomic E-state index is -0.989. The summed E-state index contributed by atoms with van der Waals surface area (Å²) in [4.78, 5) is 36.0. The largest absolute Gasteiger partial charge is 0.347 e. The molecule has 1 fully saturated rings. The second-order valence-electron chi connectivity index (χ2n) is 8.25. The number of thiophene rings is 1. The summed E-state index contributed by atoms with van der Waals surface area (Å²) < 4.78 is 29.2. The maximum Gasteiger partial charge on any atom is 0.261 e. The Morgan fingerprint density at radius 1 is 1.31 bits per heavy atom. The van der Waals surface area contributed by atoms with E-state index < -0.39 is 29.5 Å². The summed E-state index contributed by atoms with van der Waals surface area (Å²) in [7, 11) is 1.75. The molecule has 1 aliphatic heterocycles. The van der Waals surface area contributed by atoms with Crippen LogP contribution in [0.3, 0.4) is 0 Å². The van der Waals surface area contributed by atoms with Crippen molar-refractivity contribution in [3.05, 3.63) is 62.9 Å². The average molecular weight is 522 g/mol. The van der Waals surface area contributed by atoms with Crippen LogP contribution >= 0.6 is 22.9 Å². The first-order valence-corrected chi connectivity index (χ1v) is 12.0. The quantitative estimate of drug-likeness (QED) is 0.415. The fourth-order valence-electron chi connectivity index (χ4n) is 4.31. The molecule has 3 N–H and O–H groups in total. The highest BCUT2D eigenvalue weighted by molar-refractivity contribution is 7.12. The third-order valence-electron chi connectivity index (χ3n) is 5.98. The highest BCUT2D eigenvalue weighted by atomic mass is 35.5. The van der Waals surface area contributed by atoms with Crippen LogP contribution in [0.1, 0.15) is 34.0 Å². The van der Waals surface area contributed by atoms with Gasteiger partial charge in [-0.1, -0.05) is 17.7 Å². The Balaban J connectivity index is 1.54. The van der Waals surface area contributed by atoms with E-state index in [4.69, 9.17) is 11.6 Å². The first-order chi connectivity index (χ1) is 16.8. The van der Waals surface area contributed by atoms with Crippen molar-refractivity contribution in [1.29, 1.82) is 0 Å². The van der Waals surface area contributed by atoms with Crippen LogP contribution in [0.2, 0.25) is 5.02 Å². The van der Waals surface area contributed by atoms with E-state index in [1.165, 1.54) is 23.6 Å². The molecule has 1 unspecified atom stereocenters. The summed E-state index contributed by atoms with van der Waals surface area (Å²) in [6.07, 6.45) is 2.23. The van der Waals surface area contributed by atoms with Crippen LogP contribution in [0.15, 0.2) is 35.8 Å². The van der Waals surface area contributed by atoms with Crippen molar-refractivity contribution in [3.63, 3.8) is 0 Å². The van der Waals surface area contributed by atoms with E-state index in [0.717, 1.165) is 17.7 Å². The fourth-order valence-corrected chi connectivity index (χ4v) is 5.38. The Morgan fingerprint density at radius 2 is 2.11 bits per heavy atom. The van der Waals surface area contributed by atoms with Crippen molar-refractivity contribution >= 4 is 41.2 Å². The topological polar surface area (TPSA) is 105 Å². The van der Waals surface area contributed by atoms with Gasteiger partial charge in [-0.15, -0.1) is 11.3 Å². The van der Waals surface area contributed by atoms with Crippen molar-refractivity contribution < 1.29 is 23.2 Å². The number of benzene rings is 1. The van der Waals surface area contributed by atoms with Gasteiger partial charge in [0.2, 0.25) is 12.3 Å². The number of halogens is 3. The maximum absolute atomic E-state index is 14.0. The number of hydrogen-bond acceptors (Lipinski definition) is 6. The number of carbonyl (C=O) groups is 3. The monoisotopic (exact) mass is 521 g/mol. The number of aromatic nitrogens is 2. The van der Waals surface area contributed by atoms with E-state index >= 15 is 0 Å². The second kappa shape index (κ2) is 10.6. The van der Waals surface area contributed by atoms with Gasteiger partial charge in [0.25, 0.3) is 5.91 Å². The minimum absolute atomic E-state index is 0.0271. The summed E-state index contributed by atoms with van der Waals surface area (Å²) in [6, 6.07) is 4.58. The molecule has 35 heavy (non-hydrogen) atoms. The SMILES string of the molecule is Cn1ncc(Cl)c1-c1csc(C(=O)N[C@@H]2CNC(CC(=O)NC=O)C[C@H]2c2ccc(F)c(F)c2)c1. The summed E-state index contributed by atoms with van der Waals surface area (Å²) in [5.41, 5.74) is 1.95. The minimum Gasteiger partial charge on any atom is -0.347 e. The predicted molar refractivity (Wildman–Crippen MR) is 127 cm³/mol. The molecule has 0 radical (unpaired) electrons. The Labute approximate surface area is 208 Å². The van der Waals surface area contributed by atoms with Crippen LogP contribution in [0.5, 0.6) is 0 Å². The molecule has 1 aliphatic rings. The Hall–Kier alpha value is -3.15. The number of hydrogen-bond donors (Lipinski definition) is 3. The molecular formula is C23H22ClF2N5O3S. The zero-order valence-corrected chi connectivity index (χ0v) is 20.1. The third-order valence-corrected chi connectivity index (χ3v) is 7.19. The van der Waals surface area contributed by atoms with E-state index in [9.17, 15) is 23.2 Å². The fraction of sp³-hybridized carbons (Fsp3) is 0.304. The van der Waals surface area contributed by atoms with Gasteiger partial charge in [-0.05, 0) is 30.2 Å². The average Bonchev–Trinajstić information content (AvgIpc) is 3.43. The lowest BCUT2D eigenvalue weighted by Crippen LogP contribution is -2.54. The number of rotatable bonds is 7. The van der Waals surface area contributed by atoms with Crippen molar-refractivity contribution in [1.82, 2.24) is 25.7 Å². The molecule has 12 heteroatoms. The summed E-state index contributed by atoms with van der Waals surface area (Å²) in [5.74, 6) is -3.13. The standard InChI is InChI=1S/C23H22ClF2N5O3S/c1-31-22(16(24)8-29-31)13-5-20(35-10-13)23(34)30-19-9-27-14(7-21(33)28-11-32)6-15(19)12-2-3-17(25)18(26)4-12/h2-5,8,10-11,14-15,19,27H,6-7,9H2,1H3,(H,30,34)(H,28,32,33)/t14?,15-,19+/m0/s1. The van der Waals surface area contributed by atoms with Gasteiger partial charge in [0, 0.05) is 49.0 Å². The molecule has 3 aromatic rings. The van der Waals surface area contributed by atoms with Crippen molar-refractivity contribution in [2.45, 2.75) is 30.8 Å². The first-order valence-electron chi connectivity index (χ1n) is 10.8. The molecule has 3 heterocycles. The second-order valence-corrected chi connectivity index (χ2v) is 9.57. The lowest BCUT2D eigenvalue weighted by atomic mass is 9.81. The molecule has 1 aromatic carbocycles. The van der Waals surface area contributed by atoms with Crippen LogP contribution < -0.4 is 16.0 Å². The van der Waals surface area contributed by atoms with Gasteiger partial charge in [0.1, 0.15) is 0 Å². The summed E-state index contributed by atoms with van der Waals surface area (Å²) >= 11 is 7.46. The zero-order valence-electron chi connectivity index (χ0n) is 18.6. The lowest BCUT2D eigenvalue weighted by Gasteiger charge is -2.37. The van der Waals surface area contributed by atoms with Gasteiger partial charge in [-0.3, -0.25) is 24.4 Å². The number of carbonyl (C=O) groups excluding carboxylic acids is 3. The van der Waals surface area contributed by atoms with Crippen LogP contribution in [-0.2, 0) is 16.6 Å². The predicted octanol–water partition coefficient (Wildman–Crippen LogP) is 2.99. The number of amides is 3. The summed E-state index contributed by atoms with van der Waals surface area (Å²) in [5, 5.41) is 14.7. The molecule has 3 amide bonds. The molecule has 3 atom stereocenters. The molecule has 0 aliphatic carbocycles. The van der Waals surface area contributed by atoms with Gasteiger partial charge in [-0.25, -0.2) is 8.78 Å². The van der Waals surface area contributed by atoms with Gasteiger partial charge >= 0.3 is 0 Å². The molecule has 0 spiro atoms. The molecule has 2 aromatic heterocycles. The van der Waals surface area contributed by atoms with E-state index in [-0.39, 0.29) is 18.4 Å². The highest BCUT2D eigenvalue weighted by Crippen LogP contribution is 2.33. The lowest BCUT2D eigenvalue weighted by molar-refractivity contribution is -0.125. The Morgan fingerprint density at radius 3 is 2.80 bits per heavy atom. The van der Waals surface area contributed by atoms with Crippen LogP contribution in [0.25, 0.3) is 11.3 Å². The number of imide groups is 1. The molecule has 1 saturated heterocycles. The third kappa shape index (κ3) is 5.58. The molecular weight excluding hydrogens is 500 g/mol. The maximum atomic E-state index is 14.0. The van der Waals surface area contributed by atoms with Gasteiger partial charge in [0.05, 0.1) is 21.8 Å². The van der Waals surface area contributed by atoms with Crippen molar-refractivity contribution in [2.24, 2.45) is 7.05 Å². The van der Waals surface area contributed by atoms with Crippen LogP contribution in [0, 0.1) is 11.6 Å². The molecule has 0 bridgehead atoms. The van der Waals surface area contributed by atoms with Crippen LogP contribution in [-0.4, -0.2) is 46.6 Å². The normalized spacial score (nSPS) is 19.8. The number of aryl methyl sites for hydroxylation is 1. The number of nitrogens with one attached hydrogen (secondary N) is 3. The highest BCUT2D eigenvalue weighted by Gasteiger charge is 2.34. The number of piperidine rings is 1.